The van der Waals surface area contributed by atoms with Gasteiger partial charge in [-0.25, -0.2) is 9.97 Å². The van der Waals surface area contributed by atoms with Crippen molar-refractivity contribution < 1.29 is 0 Å². The lowest BCUT2D eigenvalue weighted by atomic mass is 10.3. The zero-order chi connectivity index (χ0) is 12.4. The van der Waals surface area contributed by atoms with Crippen molar-refractivity contribution in [3.05, 3.63) is 35.7 Å². The Labute approximate surface area is 109 Å². The molecule has 18 heavy (non-hydrogen) atoms. The van der Waals surface area contributed by atoms with Crippen LogP contribution in [0.25, 0.3) is 10.2 Å². The fourth-order valence-corrected chi connectivity index (χ4v) is 2.62. The predicted molar refractivity (Wildman–Crippen MR) is 72.8 cm³/mol. The predicted octanol–water partition coefficient (Wildman–Crippen LogP) is 2.08. The molecule has 3 aromatic rings. The number of anilines is 1. The van der Waals surface area contributed by atoms with E-state index >= 15 is 0 Å². The number of thiophene rings is 1. The van der Waals surface area contributed by atoms with Gasteiger partial charge in [0, 0.05) is 31.9 Å². The minimum absolute atomic E-state index is 0.835. The Morgan fingerprint density at radius 3 is 3.11 bits per heavy atom. The van der Waals surface area contributed by atoms with Crippen molar-refractivity contribution in [1.29, 1.82) is 0 Å². The summed E-state index contributed by atoms with van der Waals surface area (Å²) < 4.78 is 1.89. The molecule has 0 saturated heterocycles. The minimum Gasteiger partial charge on any atom is -0.369 e. The second-order valence-electron chi connectivity index (χ2n) is 3.98. The maximum absolute atomic E-state index is 4.28. The first-order chi connectivity index (χ1) is 8.84. The smallest absolute Gasteiger partial charge is 0.138 e. The van der Waals surface area contributed by atoms with Gasteiger partial charge in [-0.1, -0.05) is 0 Å². The van der Waals surface area contributed by atoms with Crippen molar-refractivity contribution >= 4 is 27.4 Å². The molecule has 3 aromatic heterocycles. The van der Waals surface area contributed by atoms with Crippen LogP contribution in [0, 0.1) is 0 Å². The largest absolute Gasteiger partial charge is 0.369 e. The highest BCUT2D eigenvalue weighted by atomic mass is 32.1. The summed E-state index contributed by atoms with van der Waals surface area (Å²) in [6.45, 7) is 0.835. The molecule has 0 aliphatic heterocycles. The summed E-state index contributed by atoms with van der Waals surface area (Å²) in [5.74, 6) is 0.906. The Morgan fingerprint density at radius 2 is 2.28 bits per heavy atom. The third-order valence-electron chi connectivity index (χ3n) is 2.86. The Hall–Kier alpha value is -1.95. The Morgan fingerprint density at radius 1 is 1.33 bits per heavy atom. The van der Waals surface area contributed by atoms with E-state index in [1.54, 1.807) is 17.7 Å². The van der Waals surface area contributed by atoms with Gasteiger partial charge in [0.2, 0.25) is 0 Å². The summed E-state index contributed by atoms with van der Waals surface area (Å²) in [6.07, 6.45) is 4.34. The molecule has 0 radical (unpaired) electrons. The average molecular weight is 259 g/mol. The highest BCUT2D eigenvalue weighted by Crippen LogP contribution is 2.23. The fraction of sp³-hybridized carbons (Fsp3) is 0.250. The van der Waals surface area contributed by atoms with Crippen LogP contribution in [-0.4, -0.2) is 26.3 Å². The van der Waals surface area contributed by atoms with Crippen LogP contribution in [0.4, 0.5) is 5.82 Å². The van der Waals surface area contributed by atoms with Crippen LogP contribution in [0.15, 0.2) is 30.0 Å². The van der Waals surface area contributed by atoms with E-state index in [0.29, 0.717) is 0 Å². The Kier molecular flexibility index (Phi) is 2.93. The molecule has 0 aliphatic rings. The highest BCUT2D eigenvalue weighted by Gasteiger charge is 2.04. The van der Waals surface area contributed by atoms with Crippen molar-refractivity contribution in [1.82, 2.24) is 19.7 Å². The molecular weight excluding hydrogens is 246 g/mol. The molecule has 5 nitrogen and oxygen atoms in total. The second kappa shape index (κ2) is 4.73. The molecule has 3 heterocycles. The van der Waals surface area contributed by atoms with E-state index < -0.39 is 0 Å². The van der Waals surface area contributed by atoms with E-state index in [9.17, 15) is 0 Å². The number of aryl methyl sites for hydroxylation is 1. The molecular formula is C12H13N5S. The number of fused-ring (bicyclic) bond motifs is 1. The van der Waals surface area contributed by atoms with Gasteiger partial charge in [-0.05, 0) is 17.5 Å². The number of hydrogen-bond acceptors (Lipinski definition) is 5. The Balaban J connectivity index is 1.70. The quantitative estimate of drug-likeness (QED) is 0.779. The molecule has 0 atom stereocenters. The summed E-state index contributed by atoms with van der Waals surface area (Å²) in [4.78, 5) is 9.53. The molecule has 0 bridgehead atoms. The van der Waals surface area contributed by atoms with Gasteiger partial charge in [0.15, 0.2) is 0 Å². The van der Waals surface area contributed by atoms with Crippen molar-refractivity contribution in [3.63, 3.8) is 0 Å². The maximum Gasteiger partial charge on any atom is 0.138 e. The number of rotatable bonds is 4. The molecule has 1 N–H and O–H groups in total. The first-order valence-electron chi connectivity index (χ1n) is 5.73. The summed E-state index contributed by atoms with van der Waals surface area (Å²) >= 11 is 1.63. The van der Waals surface area contributed by atoms with E-state index in [-0.39, 0.29) is 0 Å². The van der Waals surface area contributed by atoms with Gasteiger partial charge in [-0.15, -0.1) is 11.3 Å². The number of hydrogen-bond donors (Lipinski definition) is 1. The van der Waals surface area contributed by atoms with Gasteiger partial charge in [0.25, 0.3) is 0 Å². The summed E-state index contributed by atoms with van der Waals surface area (Å²) in [5, 5.41) is 10.6. The van der Waals surface area contributed by atoms with Crippen molar-refractivity contribution in [2.45, 2.75) is 6.42 Å². The van der Waals surface area contributed by atoms with Gasteiger partial charge in [0.1, 0.15) is 17.0 Å². The summed E-state index contributed by atoms with van der Waals surface area (Å²) in [7, 11) is 1.96. The van der Waals surface area contributed by atoms with Crippen LogP contribution >= 0.6 is 11.3 Å². The number of nitrogens with zero attached hydrogens (tertiary/aromatic N) is 4. The molecule has 0 saturated carbocycles. The molecule has 3 rings (SSSR count). The topological polar surface area (TPSA) is 55.6 Å². The molecule has 6 heteroatoms. The lowest BCUT2D eigenvalue weighted by molar-refractivity contribution is 0.711. The van der Waals surface area contributed by atoms with Crippen molar-refractivity contribution in [2.75, 3.05) is 11.9 Å². The Bertz CT molecular complexity index is 657. The summed E-state index contributed by atoms with van der Waals surface area (Å²) in [5.41, 5.74) is 1.21. The van der Waals surface area contributed by atoms with Crippen LogP contribution in [0.1, 0.15) is 5.69 Å². The number of nitrogens with one attached hydrogen (secondary N) is 1. The van der Waals surface area contributed by atoms with E-state index in [4.69, 9.17) is 0 Å². The molecule has 0 fully saturated rings. The van der Waals surface area contributed by atoms with Gasteiger partial charge >= 0.3 is 0 Å². The highest BCUT2D eigenvalue weighted by molar-refractivity contribution is 7.16. The lowest BCUT2D eigenvalue weighted by Crippen LogP contribution is -2.09. The van der Waals surface area contributed by atoms with Gasteiger partial charge in [-0.3, -0.25) is 4.68 Å². The second-order valence-corrected chi connectivity index (χ2v) is 4.88. The first-order valence-corrected chi connectivity index (χ1v) is 6.61. The summed E-state index contributed by atoms with van der Waals surface area (Å²) in [6, 6.07) is 4.08. The zero-order valence-electron chi connectivity index (χ0n) is 10.00. The van der Waals surface area contributed by atoms with Crippen LogP contribution in [0.2, 0.25) is 0 Å². The standard InChI is InChI=1S/C12H13N5S/c1-17-9(3-6-16-17)2-5-13-11-10-4-7-18-12(10)15-8-14-11/h3-4,6-8H,2,5H2,1H3,(H,13,14,15). The van der Waals surface area contributed by atoms with E-state index in [1.165, 1.54) is 5.69 Å². The van der Waals surface area contributed by atoms with Crippen molar-refractivity contribution in [2.24, 2.45) is 7.05 Å². The minimum atomic E-state index is 0.835. The van der Waals surface area contributed by atoms with Crippen LogP contribution in [0.5, 0.6) is 0 Å². The van der Waals surface area contributed by atoms with E-state index in [0.717, 1.165) is 29.0 Å². The van der Waals surface area contributed by atoms with Gasteiger partial charge in [-0.2, -0.15) is 5.10 Å². The molecule has 0 amide bonds. The zero-order valence-corrected chi connectivity index (χ0v) is 10.8. The van der Waals surface area contributed by atoms with Crippen LogP contribution in [0.3, 0.4) is 0 Å². The molecule has 0 aromatic carbocycles. The normalized spacial score (nSPS) is 10.9. The van der Waals surface area contributed by atoms with Gasteiger partial charge in [0.05, 0.1) is 5.39 Å². The average Bonchev–Trinajstić information content (AvgIpc) is 2.99. The third-order valence-corrected chi connectivity index (χ3v) is 3.68. The molecule has 0 spiro atoms. The fourth-order valence-electron chi connectivity index (χ4n) is 1.89. The number of aromatic nitrogens is 4. The monoisotopic (exact) mass is 259 g/mol. The van der Waals surface area contributed by atoms with E-state index in [1.807, 2.05) is 35.4 Å². The third kappa shape index (κ3) is 2.06. The van der Waals surface area contributed by atoms with Crippen LogP contribution in [-0.2, 0) is 13.5 Å². The van der Waals surface area contributed by atoms with Crippen molar-refractivity contribution in [3.8, 4) is 0 Å². The molecule has 92 valence electrons. The molecule has 0 aliphatic carbocycles. The van der Waals surface area contributed by atoms with Gasteiger partial charge < -0.3 is 5.32 Å². The SMILES string of the molecule is Cn1nccc1CCNc1ncnc2sccc12. The maximum atomic E-state index is 4.28. The molecule has 0 unspecified atom stereocenters. The van der Waals surface area contributed by atoms with Crippen LogP contribution < -0.4 is 5.32 Å². The first kappa shape index (κ1) is 11.2. The lowest BCUT2D eigenvalue weighted by Gasteiger charge is -2.06. The van der Waals surface area contributed by atoms with E-state index in [2.05, 4.69) is 20.4 Å².